The number of rotatable bonds is 10. The van der Waals surface area contributed by atoms with Crippen molar-refractivity contribution in [3.05, 3.63) is 35.4 Å². The Morgan fingerprint density at radius 2 is 1.03 bits per heavy atom. The van der Waals surface area contributed by atoms with E-state index in [0.717, 1.165) is 42.2 Å². The number of unbranched alkanes of at least 4 members (excludes halogenated alkanes) is 3. The van der Waals surface area contributed by atoms with Crippen molar-refractivity contribution in [1.82, 2.24) is 0 Å². The normalized spacial score (nSPS) is 27.8. The second-order valence-corrected chi connectivity index (χ2v) is 10.1. The van der Waals surface area contributed by atoms with E-state index >= 15 is 0 Å². The van der Waals surface area contributed by atoms with E-state index in [1.54, 1.807) is 0 Å². The highest BCUT2D eigenvalue weighted by Crippen LogP contribution is 2.39. The lowest BCUT2D eigenvalue weighted by Gasteiger charge is -2.30. The van der Waals surface area contributed by atoms with Gasteiger partial charge in [0.15, 0.2) is 0 Å². The number of halogens is 2. The van der Waals surface area contributed by atoms with Crippen molar-refractivity contribution < 1.29 is 8.78 Å². The molecule has 0 atom stereocenters. The molecule has 2 heteroatoms. The molecule has 2 saturated carbocycles. The van der Waals surface area contributed by atoms with Crippen molar-refractivity contribution in [2.75, 3.05) is 0 Å². The molecule has 0 spiro atoms. The molecular weight excluding hydrogens is 362 g/mol. The minimum absolute atomic E-state index is 0.351. The van der Waals surface area contributed by atoms with Gasteiger partial charge < -0.3 is 0 Å². The quantitative estimate of drug-likeness (QED) is 0.341. The average Bonchev–Trinajstić information content (AvgIpc) is 2.72. The molecule has 0 nitrogen and oxygen atoms in total. The molecule has 0 saturated heterocycles. The van der Waals surface area contributed by atoms with Gasteiger partial charge in [0.05, 0.1) is 0 Å². The van der Waals surface area contributed by atoms with Crippen LogP contribution < -0.4 is 0 Å². The van der Waals surface area contributed by atoms with Gasteiger partial charge >= 0.3 is 0 Å². The third-order valence-corrected chi connectivity index (χ3v) is 7.86. The third-order valence-electron chi connectivity index (χ3n) is 7.86. The summed E-state index contributed by atoms with van der Waals surface area (Å²) in [7, 11) is 0. The summed E-state index contributed by atoms with van der Waals surface area (Å²) in [5.74, 6) is 2.34. The molecule has 0 radical (unpaired) electrons. The Bertz CT molecular complexity index is 560. The Labute approximate surface area is 177 Å². The molecule has 1 aromatic rings. The fourth-order valence-corrected chi connectivity index (χ4v) is 5.95. The Hall–Kier alpha value is -0.920. The predicted molar refractivity (Wildman–Crippen MR) is 119 cm³/mol. The summed E-state index contributed by atoms with van der Waals surface area (Å²) in [6.45, 7) is 2.30. The van der Waals surface area contributed by atoms with Crippen molar-refractivity contribution in [3.8, 4) is 0 Å². The summed E-state index contributed by atoms with van der Waals surface area (Å²) in [4.78, 5) is 0. The zero-order valence-electron chi connectivity index (χ0n) is 18.6. The molecule has 2 aliphatic carbocycles. The first-order valence-corrected chi connectivity index (χ1v) is 12.6. The molecule has 3 rings (SSSR count). The van der Waals surface area contributed by atoms with E-state index in [1.165, 1.54) is 102 Å². The first kappa shape index (κ1) is 22.8. The van der Waals surface area contributed by atoms with E-state index in [0.29, 0.717) is 5.92 Å². The molecule has 0 heterocycles. The van der Waals surface area contributed by atoms with E-state index in [1.807, 2.05) is 0 Å². The summed E-state index contributed by atoms with van der Waals surface area (Å²) < 4.78 is 26.9. The third kappa shape index (κ3) is 7.68. The van der Waals surface area contributed by atoms with Crippen molar-refractivity contribution in [2.24, 2.45) is 17.8 Å². The second kappa shape index (κ2) is 12.1. The smallest absolute Gasteiger partial charge is 0.126 e. The molecule has 2 aliphatic rings. The zero-order chi connectivity index (χ0) is 20.5. The maximum atomic E-state index is 13.5. The minimum Gasteiger partial charge on any atom is -0.207 e. The van der Waals surface area contributed by atoms with Gasteiger partial charge in [0.2, 0.25) is 0 Å². The van der Waals surface area contributed by atoms with Gasteiger partial charge in [-0.3, -0.25) is 0 Å². The monoisotopic (exact) mass is 404 g/mol. The van der Waals surface area contributed by atoms with Crippen LogP contribution in [-0.2, 0) is 0 Å². The van der Waals surface area contributed by atoms with Crippen LogP contribution >= 0.6 is 0 Å². The van der Waals surface area contributed by atoms with Crippen LogP contribution in [0.25, 0.3) is 0 Å². The van der Waals surface area contributed by atoms with Crippen LogP contribution in [0.2, 0.25) is 0 Å². The lowest BCUT2D eigenvalue weighted by Crippen LogP contribution is -2.15. The number of benzene rings is 1. The fourth-order valence-electron chi connectivity index (χ4n) is 5.95. The van der Waals surface area contributed by atoms with Gasteiger partial charge in [-0.05, 0) is 67.1 Å². The van der Waals surface area contributed by atoms with Crippen molar-refractivity contribution >= 4 is 0 Å². The maximum absolute atomic E-state index is 13.5. The van der Waals surface area contributed by atoms with Gasteiger partial charge in [0.25, 0.3) is 0 Å². The molecule has 0 N–H and O–H groups in total. The molecule has 0 bridgehead atoms. The Morgan fingerprint density at radius 3 is 1.48 bits per heavy atom. The van der Waals surface area contributed by atoms with E-state index in [9.17, 15) is 8.78 Å². The number of hydrogen-bond acceptors (Lipinski definition) is 0. The Morgan fingerprint density at radius 1 is 0.621 bits per heavy atom. The lowest BCUT2D eigenvalue weighted by molar-refractivity contribution is 0.240. The minimum atomic E-state index is -0.433. The van der Waals surface area contributed by atoms with E-state index in [2.05, 4.69) is 6.92 Å². The van der Waals surface area contributed by atoms with Gasteiger partial charge in [-0.15, -0.1) is 0 Å². The van der Waals surface area contributed by atoms with Gasteiger partial charge in [-0.2, -0.15) is 0 Å². The molecule has 164 valence electrons. The molecule has 29 heavy (non-hydrogen) atoms. The van der Waals surface area contributed by atoms with Gasteiger partial charge in [-0.1, -0.05) is 84.0 Å². The summed E-state index contributed by atoms with van der Waals surface area (Å²) in [6.07, 6.45) is 21.8. The summed E-state index contributed by atoms with van der Waals surface area (Å²) in [5.41, 5.74) is 0.867. The Balaban J connectivity index is 1.25. The van der Waals surface area contributed by atoms with Crippen LogP contribution in [0.4, 0.5) is 8.78 Å². The molecule has 0 unspecified atom stereocenters. The first-order valence-electron chi connectivity index (χ1n) is 12.6. The lowest BCUT2D eigenvalue weighted by atomic mass is 9.76. The topological polar surface area (TPSA) is 0 Å². The van der Waals surface area contributed by atoms with E-state index in [-0.39, 0.29) is 0 Å². The van der Waals surface area contributed by atoms with Crippen LogP contribution in [0.3, 0.4) is 0 Å². The largest absolute Gasteiger partial charge is 0.207 e. The van der Waals surface area contributed by atoms with Crippen molar-refractivity contribution in [3.63, 3.8) is 0 Å². The molecular formula is C27H42F2. The van der Waals surface area contributed by atoms with Crippen LogP contribution in [-0.4, -0.2) is 0 Å². The molecule has 0 aromatic heterocycles. The van der Waals surface area contributed by atoms with Crippen LogP contribution in [0.1, 0.15) is 121 Å². The summed E-state index contributed by atoms with van der Waals surface area (Å²) in [5, 5.41) is 0. The highest BCUT2D eigenvalue weighted by Gasteiger charge is 2.24. The summed E-state index contributed by atoms with van der Waals surface area (Å²) in [6, 6.07) is 4.05. The fraction of sp³-hybridized carbons (Fsp3) is 0.778. The van der Waals surface area contributed by atoms with Crippen LogP contribution in [0, 0.1) is 29.4 Å². The van der Waals surface area contributed by atoms with E-state index in [4.69, 9.17) is 0 Å². The van der Waals surface area contributed by atoms with Crippen molar-refractivity contribution in [2.45, 2.75) is 116 Å². The first-order chi connectivity index (χ1) is 14.1. The summed E-state index contributed by atoms with van der Waals surface area (Å²) >= 11 is 0. The highest BCUT2D eigenvalue weighted by molar-refractivity contribution is 5.22. The molecule has 2 fully saturated rings. The SMILES string of the molecule is CCCCC[C@H]1CC[C@H](CCCCC2CCC(c3cc(F)cc(F)c3)CC2)CC1. The van der Waals surface area contributed by atoms with Crippen LogP contribution in [0.5, 0.6) is 0 Å². The second-order valence-electron chi connectivity index (χ2n) is 10.1. The van der Waals surface area contributed by atoms with Gasteiger partial charge in [-0.25, -0.2) is 8.78 Å². The highest BCUT2D eigenvalue weighted by atomic mass is 19.1. The van der Waals surface area contributed by atoms with Gasteiger partial charge in [0.1, 0.15) is 11.6 Å². The van der Waals surface area contributed by atoms with Crippen LogP contribution in [0.15, 0.2) is 18.2 Å². The van der Waals surface area contributed by atoms with Crippen molar-refractivity contribution in [1.29, 1.82) is 0 Å². The maximum Gasteiger partial charge on any atom is 0.126 e. The van der Waals surface area contributed by atoms with Gasteiger partial charge in [0, 0.05) is 6.07 Å². The van der Waals surface area contributed by atoms with E-state index < -0.39 is 11.6 Å². The number of hydrogen-bond donors (Lipinski definition) is 0. The Kier molecular flexibility index (Phi) is 9.46. The zero-order valence-corrected chi connectivity index (χ0v) is 18.6. The standard InChI is InChI=1S/C27H42F2/c1-2-3-4-7-21-10-12-22(13-11-21)8-5-6-9-23-14-16-24(17-15-23)25-18-26(28)20-27(29)19-25/h18-24H,2-17H2,1H3/t21-,22-,23?,24?. The average molecular weight is 405 g/mol. The molecule has 0 aliphatic heterocycles. The molecule has 1 aromatic carbocycles. The molecule has 0 amide bonds. The predicted octanol–water partition coefficient (Wildman–Crippen LogP) is 9.19.